The number of hydrogen-bond acceptors (Lipinski definition) is 4. The van der Waals surface area contributed by atoms with E-state index in [0.717, 1.165) is 33.5 Å². The predicted molar refractivity (Wildman–Crippen MR) is 109 cm³/mol. The molecule has 6 nitrogen and oxygen atoms in total. The van der Waals surface area contributed by atoms with Crippen LogP contribution in [0.25, 0.3) is 33.5 Å². The van der Waals surface area contributed by atoms with E-state index in [-0.39, 0.29) is 13.2 Å². The fraction of sp³-hybridized carbons (Fsp3) is 0.318. The maximum atomic E-state index is 15.3. The molecule has 30 heavy (non-hydrogen) atoms. The number of rotatable bonds is 4. The lowest BCUT2D eigenvalue weighted by atomic mass is 9.91. The summed E-state index contributed by atoms with van der Waals surface area (Å²) in [5, 5.41) is 5.68. The Morgan fingerprint density at radius 3 is 2.93 bits per heavy atom. The molecule has 1 aliphatic heterocycles. The second-order valence-electron chi connectivity index (χ2n) is 7.82. The molecule has 5 rings (SSSR count). The van der Waals surface area contributed by atoms with Gasteiger partial charge >= 0.3 is 0 Å². The van der Waals surface area contributed by atoms with Gasteiger partial charge in [-0.15, -0.1) is 0 Å². The number of nitrogens with zero attached hydrogens (tertiary/aromatic N) is 4. The first kappa shape index (κ1) is 18.9. The fourth-order valence-electron chi connectivity index (χ4n) is 4.30. The van der Waals surface area contributed by atoms with Gasteiger partial charge < -0.3 is 9.72 Å². The highest BCUT2D eigenvalue weighted by Crippen LogP contribution is 2.41. The van der Waals surface area contributed by atoms with Crippen LogP contribution < -0.4 is 0 Å². The van der Waals surface area contributed by atoms with Crippen molar-refractivity contribution in [1.82, 2.24) is 24.7 Å². The van der Waals surface area contributed by atoms with E-state index < -0.39 is 11.5 Å². The molecule has 0 aliphatic carbocycles. The number of methoxy groups -OCH3 is 1. The number of hydrogen-bond donors (Lipinski definition) is 1. The molecule has 154 valence electrons. The lowest BCUT2D eigenvalue weighted by molar-refractivity contribution is 0.0100. The molecule has 1 aliphatic rings. The zero-order valence-electron chi connectivity index (χ0n) is 16.7. The van der Waals surface area contributed by atoms with E-state index in [1.54, 1.807) is 10.7 Å². The molecular weight excluding hydrogens is 388 g/mol. The third-order valence-corrected chi connectivity index (χ3v) is 5.60. The highest BCUT2D eigenvalue weighted by atomic mass is 19.1. The molecule has 0 fully saturated rings. The van der Waals surface area contributed by atoms with Crippen molar-refractivity contribution in [3.8, 4) is 22.5 Å². The number of pyridine rings is 2. The second-order valence-corrected chi connectivity index (χ2v) is 7.82. The Hall–Kier alpha value is -3.13. The van der Waals surface area contributed by atoms with Gasteiger partial charge in [-0.1, -0.05) is 0 Å². The Morgan fingerprint density at radius 2 is 2.17 bits per heavy atom. The van der Waals surface area contributed by atoms with Crippen LogP contribution in [0, 0.1) is 12.7 Å². The number of alkyl halides is 1. The summed E-state index contributed by atoms with van der Waals surface area (Å²) in [6.07, 6.45) is 3.87. The fourth-order valence-corrected chi connectivity index (χ4v) is 4.30. The molecule has 8 heteroatoms. The van der Waals surface area contributed by atoms with Crippen molar-refractivity contribution >= 4 is 11.0 Å². The second kappa shape index (κ2) is 6.98. The van der Waals surface area contributed by atoms with Crippen LogP contribution in [0.3, 0.4) is 0 Å². The van der Waals surface area contributed by atoms with Gasteiger partial charge in [0.1, 0.15) is 17.2 Å². The molecular formula is C22H21F2N5O. The van der Waals surface area contributed by atoms with E-state index in [2.05, 4.69) is 15.0 Å². The van der Waals surface area contributed by atoms with Gasteiger partial charge in [-0.3, -0.25) is 9.67 Å². The number of aromatic nitrogens is 5. The van der Waals surface area contributed by atoms with E-state index in [1.807, 2.05) is 25.3 Å². The third kappa shape index (κ3) is 3.08. The molecule has 0 saturated carbocycles. The molecule has 4 aromatic rings. The molecule has 0 bridgehead atoms. The zero-order valence-corrected chi connectivity index (χ0v) is 16.7. The third-order valence-electron chi connectivity index (χ3n) is 5.60. The monoisotopic (exact) mass is 409 g/mol. The number of halogens is 2. The Morgan fingerprint density at radius 1 is 1.30 bits per heavy atom. The van der Waals surface area contributed by atoms with Gasteiger partial charge in [0.05, 0.1) is 25.0 Å². The average Bonchev–Trinajstić information content (AvgIpc) is 3.32. The summed E-state index contributed by atoms with van der Waals surface area (Å²) in [6.45, 7) is 2.05. The van der Waals surface area contributed by atoms with Gasteiger partial charge in [-0.2, -0.15) is 5.10 Å². The van der Waals surface area contributed by atoms with Crippen LogP contribution in [0.2, 0.25) is 0 Å². The topological polar surface area (TPSA) is 68.6 Å². The molecule has 0 unspecified atom stereocenters. The number of ether oxygens (including phenoxy) is 1. The van der Waals surface area contributed by atoms with Crippen molar-refractivity contribution in [2.24, 2.45) is 0 Å². The van der Waals surface area contributed by atoms with Gasteiger partial charge in [0, 0.05) is 35.6 Å². The average molecular weight is 409 g/mol. The van der Waals surface area contributed by atoms with Gasteiger partial charge in [0.25, 0.3) is 0 Å². The summed E-state index contributed by atoms with van der Waals surface area (Å²) in [4.78, 5) is 12.0. The summed E-state index contributed by atoms with van der Waals surface area (Å²) in [6, 6.07) is 6.94. The van der Waals surface area contributed by atoms with Gasteiger partial charge in [0.15, 0.2) is 5.67 Å². The molecule has 0 spiro atoms. The van der Waals surface area contributed by atoms with E-state index in [4.69, 9.17) is 9.84 Å². The van der Waals surface area contributed by atoms with Crippen LogP contribution >= 0.6 is 0 Å². The van der Waals surface area contributed by atoms with E-state index in [1.165, 1.54) is 19.4 Å². The molecule has 5 heterocycles. The summed E-state index contributed by atoms with van der Waals surface area (Å²) in [5.41, 5.74) is 4.10. The summed E-state index contributed by atoms with van der Waals surface area (Å²) < 4.78 is 35.6. The maximum Gasteiger partial charge on any atom is 0.153 e. The normalized spacial score (nSPS) is 18.7. The highest BCUT2D eigenvalue weighted by molar-refractivity contribution is 5.98. The van der Waals surface area contributed by atoms with E-state index in [0.29, 0.717) is 24.2 Å². The van der Waals surface area contributed by atoms with Crippen molar-refractivity contribution < 1.29 is 13.5 Å². The molecule has 0 amide bonds. The van der Waals surface area contributed by atoms with Crippen LogP contribution in [0.15, 0.2) is 36.7 Å². The minimum absolute atomic E-state index is 0.0161. The quantitative estimate of drug-likeness (QED) is 0.548. The Bertz CT molecular complexity index is 1230. The first-order chi connectivity index (χ1) is 14.5. The van der Waals surface area contributed by atoms with Crippen molar-refractivity contribution in [2.75, 3.05) is 13.7 Å². The van der Waals surface area contributed by atoms with E-state index in [9.17, 15) is 4.39 Å². The first-order valence-corrected chi connectivity index (χ1v) is 9.82. The Labute approximate surface area is 171 Å². The number of aromatic amines is 1. The number of aryl methyl sites for hydroxylation is 1. The molecule has 1 atom stereocenters. The summed E-state index contributed by atoms with van der Waals surface area (Å²) in [7, 11) is 1.50. The standard InChI is InChI=1S/C22H21F2N5O/c1-13-9-16(15-6-8-25-21(15)27-13)19-18-5-7-22(24,12-30-2)11-29(18)28-20(19)17-4-3-14(23)10-26-17/h3-4,6,8-10H,5,7,11-12H2,1-2H3,(H,25,27)/t22-/m1/s1. The zero-order chi connectivity index (χ0) is 20.9. The minimum atomic E-state index is -1.48. The van der Waals surface area contributed by atoms with Gasteiger partial charge in [0.2, 0.25) is 0 Å². The van der Waals surface area contributed by atoms with Crippen LogP contribution in [0.1, 0.15) is 17.8 Å². The Balaban J connectivity index is 1.76. The lowest BCUT2D eigenvalue weighted by Gasteiger charge is -2.30. The maximum absolute atomic E-state index is 15.3. The molecule has 0 aromatic carbocycles. The number of fused-ring (bicyclic) bond motifs is 2. The lowest BCUT2D eigenvalue weighted by Crippen LogP contribution is -2.39. The van der Waals surface area contributed by atoms with Crippen molar-refractivity contribution in [1.29, 1.82) is 0 Å². The van der Waals surface area contributed by atoms with Crippen LogP contribution in [0.5, 0.6) is 0 Å². The van der Waals surface area contributed by atoms with Crippen molar-refractivity contribution in [3.63, 3.8) is 0 Å². The minimum Gasteiger partial charge on any atom is -0.381 e. The predicted octanol–water partition coefficient (Wildman–Crippen LogP) is 4.24. The molecule has 0 radical (unpaired) electrons. The van der Waals surface area contributed by atoms with E-state index >= 15 is 4.39 Å². The van der Waals surface area contributed by atoms with Crippen LogP contribution in [0.4, 0.5) is 8.78 Å². The smallest absolute Gasteiger partial charge is 0.153 e. The highest BCUT2D eigenvalue weighted by Gasteiger charge is 2.38. The van der Waals surface area contributed by atoms with Crippen molar-refractivity contribution in [3.05, 3.63) is 53.9 Å². The number of nitrogens with one attached hydrogen (secondary N) is 1. The van der Waals surface area contributed by atoms with Gasteiger partial charge in [-0.05, 0) is 49.6 Å². The molecule has 0 saturated heterocycles. The first-order valence-electron chi connectivity index (χ1n) is 9.82. The van der Waals surface area contributed by atoms with Crippen LogP contribution in [-0.4, -0.2) is 44.1 Å². The summed E-state index contributed by atoms with van der Waals surface area (Å²) >= 11 is 0. The van der Waals surface area contributed by atoms with Crippen LogP contribution in [-0.2, 0) is 17.7 Å². The SMILES string of the molecule is COC[C@@]1(F)CCc2c(-c3cc(C)nc4[nH]ccc34)c(-c3ccc(F)cn3)nn2C1. The van der Waals surface area contributed by atoms with Gasteiger partial charge in [-0.25, -0.2) is 13.8 Å². The Kier molecular flexibility index (Phi) is 4.39. The summed E-state index contributed by atoms with van der Waals surface area (Å²) in [5.74, 6) is -0.417. The van der Waals surface area contributed by atoms with Crippen molar-refractivity contribution in [2.45, 2.75) is 32.0 Å². The largest absolute Gasteiger partial charge is 0.381 e. The molecule has 4 aromatic heterocycles. The molecule has 1 N–H and O–H groups in total. The number of H-pyrrole nitrogens is 1.